The number of carbonyl (C=O) groups is 4. The minimum Gasteiger partial charge on any atom is -0.459 e. The second kappa shape index (κ2) is 9.87. The maximum Gasteiger partial charge on any atom is 0.303 e. The van der Waals surface area contributed by atoms with Crippen LogP contribution in [0.2, 0.25) is 0 Å². The molecule has 0 saturated carbocycles. The fraction of sp³-hybridized carbons (Fsp3) is 0.375. The summed E-state index contributed by atoms with van der Waals surface area (Å²) in [5.74, 6) is -0.453. The molecule has 0 atom stereocenters. The molecular formula is C16H20N4O6. The summed E-state index contributed by atoms with van der Waals surface area (Å²) < 4.78 is 9.40. The topological polar surface area (TPSA) is 144 Å². The molecule has 0 bridgehead atoms. The molecule has 0 unspecified atom stereocenters. The van der Waals surface area contributed by atoms with Crippen LogP contribution in [0, 0.1) is 0 Å². The Morgan fingerprint density at radius 1 is 0.769 bits per heavy atom. The molecule has 0 aliphatic rings. The number of esters is 2. The predicted molar refractivity (Wildman–Crippen MR) is 88.1 cm³/mol. The van der Waals surface area contributed by atoms with Crippen molar-refractivity contribution in [3.63, 3.8) is 0 Å². The first kappa shape index (κ1) is 20.7. The summed E-state index contributed by atoms with van der Waals surface area (Å²) in [6, 6.07) is 0. The second-order valence-corrected chi connectivity index (χ2v) is 5.19. The number of carbonyl (C=O) groups excluding carboxylic acids is 4. The van der Waals surface area contributed by atoms with Crippen molar-refractivity contribution in [2.75, 3.05) is 0 Å². The van der Waals surface area contributed by atoms with Crippen molar-refractivity contribution >= 4 is 23.5 Å². The van der Waals surface area contributed by atoms with Crippen LogP contribution in [-0.2, 0) is 32.3 Å². The monoisotopic (exact) mass is 364 g/mol. The van der Waals surface area contributed by atoms with Crippen LogP contribution in [0.25, 0.3) is 0 Å². The maximum absolute atomic E-state index is 10.8. The van der Waals surface area contributed by atoms with Crippen LogP contribution in [0.1, 0.15) is 60.3 Å². The number of imidazole rings is 2. The Kier molecular flexibility index (Phi) is 7.87. The molecule has 2 aromatic rings. The van der Waals surface area contributed by atoms with E-state index in [1.54, 1.807) is 0 Å². The molecule has 0 aromatic carbocycles. The largest absolute Gasteiger partial charge is 0.459 e. The molecule has 0 aliphatic carbocycles. The number of nitrogens with one attached hydrogen (secondary N) is 2. The van der Waals surface area contributed by atoms with E-state index >= 15 is 0 Å². The van der Waals surface area contributed by atoms with Crippen molar-refractivity contribution in [2.45, 2.75) is 40.9 Å². The Bertz CT molecular complexity index is 726. The van der Waals surface area contributed by atoms with E-state index in [0.717, 1.165) is 0 Å². The Hall–Kier alpha value is -3.30. The average molecular weight is 364 g/mol. The van der Waals surface area contributed by atoms with Crippen LogP contribution in [0.5, 0.6) is 0 Å². The SMILES string of the molecule is CC(=O)OCc1cnc(C(C)=O)[nH]1.CC(=O)OCc1cnc(C(C)=O)[nH]1. The molecule has 0 fully saturated rings. The van der Waals surface area contributed by atoms with Gasteiger partial charge in [0.2, 0.25) is 0 Å². The lowest BCUT2D eigenvalue weighted by molar-refractivity contribution is -0.143. The highest BCUT2D eigenvalue weighted by Gasteiger charge is 2.06. The van der Waals surface area contributed by atoms with E-state index in [9.17, 15) is 19.2 Å². The minimum absolute atomic E-state index is 0.121. The normalized spacial score (nSPS) is 9.69. The number of H-pyrrole nitrogens is 2. The summed E-state index contributed by atoms with van der Waals surface area (Å²) >= 11 is 0. The van der Waals surface area contributed by atoms with Gasteiger partial charge in [-0.05, 0) is 0 Å². The zero-order chi connectivity index (χ0) is 19.7. The van der Waals surface area contributed by atoms with Crippen molar-refractivity contribution in [1.29, 1.82) is 0 Å². The molecule has 10 nitrogen and oxygen atoms in total. The molecule has 2 aromatic heterocycles. The number of ketones is 2. The van der Waals surface area contributed by atoms with E-state index in [-0.39, 0.29) is 48.4 Å². The maximum atomic E-state index is 10.8. The van der Waals surface area contributed by atoms with Crippen LogP contribution >= 0.6 is 0 Å². The Morgan fingerprint density at radius 2 is 1.12 bits per heavy atom. The summed E-state index contributed by atoms with van der Waals surface area (Å²) in [5, 5.41) is 0. The highest BCUT2D eigenvalue weighted by molar-refractivity contribution is 5.90. The number of aromatic nitrogens is 4. The van der Waals surface area contributed by atoms with Crippen molar-refractivity contribution in [3.05, 3.63) is 35.4 Å². The van der Waals surface area contributed by atoms with Crippen LogP contribution < -0.4 is 0 Å². The third kappa shape index (κ3) is 7.51. The van der Waals surface area contributed by atoms with E-state index < -0.39 is 0 Å². The smallest absolute Gasteiger partial charge is 0.303 e. The molecule has 0 amide bonds. The van der Waals surface area contributed by atoms with Gasteiger partial charge >= 0.3 is 11.9 Å². The minimum atomic E-state index is -0.362. The van der Waals surface area contributed by atoms with Crippen molar-refractivity contribution in [1.82, 2.24) is 19.9 Å². The lowest BCUT2D eigenvalue weighted by atomic mass is 10.4. The zero-order valence-corrected chi connectivity index (χ0v) is 14.9. The van der Waals surface area contributed by atoms with Crippen LogP contribution in [0.15, 0.2) is 12.4 Å². The van der Waals surface area contributed by atoms with E-state index in [1.165, 1.54) is 40.1 Å². The Labute approximate surface area is 149 Å². The highest BCUT2D eigenvalue weighted by Crippen LogP contribution is 2.00. The molecule has 2 N–H and O–H groups in total. The number of nitrogens with zero attached hydrogens (tertiary/aromatic N) is 2. The van der Waals surface area contributed by atoms with Crippen molar-refractivity contribution in [3.8, 4) is 0 Å². The van der Waals surface area contributed by atoms with E-state index in [1.807, 2.05) is 0 Å². The van der Waals surface area contributed by atoms with Gasteiger partial charge in [-0.15, -0.1) is 0 Å². The quantitative estimate of drug-likeness (QED) is 0.577. The fourth-order valence-corrected chi connectivity index (χ4v) is 1.58. The van der Waals surface area contributed by atoms with Crippen molar-refractivity contribution in [2.24, 2.45) is 0 Å². The van der Waals surface area contributed by atoms with E-state index in [4.69, 9.17) is 9.47 Å². The number of rotatable bonds is 6. The molecule has 2 heterocycles. The van der Waals surface area contributed by atoms with Gasteiger partial charge < -0.3 is 19.4 Å². The Morgan fingerprint density at radius 3 is 1.35 bits per heavy atom. The third-order valence-corrected chi connectivity index (χ3v) is 2.79. The fourth-order valence-electron chi connectivity index (χ4n) is 1.58. The number of Topliss-reactive ketones (excluding diaryl/α,β-unsaturated/α-hetero) is 2. The average Bonchev–Trinajstić information content (AvgIpc) is 3.21. The summed E-state index contributed by atoms with van der Waals surface area (Å²) in [7, 11) is 0. The van der Waals surface area contributed by atoms with Crippen molar-refractivity contribution < 1.29 is 28.7 Å². The molecule has 0 spiro atoms. The second-order valence-electron chi connectivity index (χ2n) is 5.19. The van der Waals surface area contributed by atoms with Gasteiger partial charge in [0.1, 0.15) is 13.2 Å². The first-order valence-corrected chi connectivity index (χ1v) is 7.55. The lowest BCUT2D eigenvalue weighted by Gasteiger charge is -1.96. The van der Waals surface area contributed by atoms with E-state index in [2.05, 4.69) is 19.9 Å². The van der Waals surface area contributed by atoms with Gasteiger partial charge in [0.25, 0.3) is 0 Å². The molecule has 0 aliphatic heterocycles. The van der Waals surface area contributed by atoms with Gasteiger partial charge in [0, 0.05) is 27.7 Å². The summed E-state index contributed by atoms with van der Waals surface area (Å²) in [6.07, 6.45) is 2.94. The molecule has 26 heavy (non-hydrogen) atoms. The zero-order valence-electron chi connectivity index (χ0n) is 14.9. The van der Waals surface area contributed by atoms with Crippen LogP contribution in [0.4, 0.5) is 0 Å². The Balaban J connectivity index is 0.000000260. The third-order valence-electron chi connectivity index (χ3n) is 2.79. The van der Waals surface area contributed by atoms with Crippen LogP contribution in [0.3, 0.4) is 0 Å². The van der Waals surface area contributed by atoms with Gasteiger partial charge in [-0.1, -0.05) is 0 Å². The number of aromatic amines is 2. The first-order valence-electron chi connectivity index (χ1n) is 7.55. The van der Waals surface area contributed by atoms with Gasteiger partial charge in [-0.25, -0.2) is 9.97 Å². The summed E-state index contributed by atoms with van der Waals surface area (Å²) in [6.45, 7) is 5.71. The predicted octanol–water partition coefficient (Wildman–Crippen LogP) is 1.35. The van der Waals surface area contributed by atoms with Gasteiger partial charge in [0.05, 0.1) is 23.8 Å². The highest BCUT2D eigenvalue weighted by atomic mass is 16.5. The molecule has 0 saturated heterocycles. The van der Waals surface area contributed by atoms with Gasteiger partial charge in [-0.2, -0.15) is 0 Å². The summed E-state index contributed by atoms with van der Waals surface area (Å²) in [4.78, 5) is 55.5. The molecule has 10 heteroatoms. The number of hydrogen-bond acceptors (Lipinski definition) is 8. The van der Waals surface area contributed by atoms with Gasteiger partial charge in [0.15, 0.2) is 23.2 Å². The van der Waals surface area contributed by atoms with Gasteiger partial charge in [-0.3, -0.25) is 19.2 Å². The lowest BCUT2D eigenvalue weighted by Crippen LogP contribution is -2.00. The molecule has 0 radical (unpaired) electrons. The number of hydrogen-bond donors (Lipinski definition) is 2. The molecule has 140 valence electrons. The molecule has 2 rings (SSSR count). The standard InChI is InChI=1S/2C8H10N2O3/c2*1-5(11)8-9-3-7(10-8)4-13-6(2)12/h2*3H,4H2,1-2H3,(H,9,10). The van der Waals surface area contributed by atoms with Crippen LogP contribution in [-0.4, -0.2) is 43.4 Å². The molecular weight excluding hydrogens is 344 g/mol. The number of ether oxygens (including phenoxy) is 2. The summed E-state index contributed by atoms with van der Waals surface area (Å²) in [5.41, 5.74) is 1.22. The van der Waals surface area contributed by atoms with E-state index in [0.29, 0.717) is 11.4 Å². The first-order chi connectivity index (χ1) is 12.2.